The number of hydrogen-bond donors (Lipinski definition) is 1. The Balaban J connectivity index is 1.51. The summed E-state index contributed by atoms with van der Waals surface area (Å²) in [7, 11) is 1.65. The molecule has 0 fully saturated rings. The van der Waals surface area contributed by atoms with E-state index in [2.05, 4.69) is 10.3 Å². The Labute approximate surface area is 187 Å². The predicted octanol–water partition coefficient (Wildman–Crippen LogP) is 4.54. The molecule has 4 aromatic rings. The van der Waals surface area contributed by atoms with Crippen LogP contribution < -0.4 is 10.1 Å². The van der Waals surface area contributed by atoms with Crippen molar-refractivity contribution in [3.05, 3.63) is 90.8 Å². The SMILES string of the molecule is COc1ccc(-c2cc(-c3cccnc3)n(CCNC(=O)C(C)c3ccccc3)n2)cc1. The first kappa shape index (κ1) is 21.3. The van der Waals surface area contributed by atoms with Gasteiger partial charge in [-0.25, -0.2) is 0 Å². The second-order valence-corrected chi connectivity index (χ2v) is 7.53. The van der Waals surface area contributed by atoms with E-state index >= 15 is 0 Å². The van der Waals surface area contributed by atoms with E-state index in [-0.39, 0.29) is 11.8 Å². The topological polar surface area (TPSA) is 69.0 Å². The molecule has 0 saturated carbocycles. The third-order valence-corrected chi connectivity index (χ3v) is 5.44. The van der Waals surface area contributed by atoms with Crippen molar-refractivity contribution in [1.29, 1.82) is 0 Å². The number of hydrogen-bond acceptors (Lipinski definition) is 4. The van der Waals surface area contributed by atoms with E-state index in [1.165, 1.54) is 0 Å². The van der Waals surface area contributed by atoms with Crippen LogP contribution in [0.5, 0.6) is 5.75 Å². The maximum atomic E-state index is 12.6. The lowest BCUT2D eigenvalue weighted by molar-refractivity contribution is -0.122. The minimum Gasteiger partial charge on any atom is -0.497 e. The Morgan fingerprint density at radius 1 is 1.03 bits per heavy atom. The van der Waals surface area contributed by atoms with Gasteiger partial charge in [-0.1, -0.05) is 30.3 Å². The predicted molar refractivity (Wildman–Crippen MR) is 125 cm³/mol. The number of rotatable bonds is 8. The lowest BCUT2D eigenvalue weighted by Gasteiger charge is -2.13. The summed E-state index contributed by atoms with van der Waals surface area (Å²) < 4.78 is 7.18. The molecular formula is C26H26N4O2. The van der Waals surface area contributed by atoms with Gasteiger partial charge in [-0.3, -0.25) is 14.5 Å². The van der Waals surface area contributed by atoms with Crippen LogP contribution in [0, 0.1) is 0 Å². The van der Waals surface area contributed by atoms with Crippen molar-refractivity contribution in [2.75, 3.05) is 13.7 Å². The second kappa shape index (κ2) is 9.92. The van der Waals surface area contributed by atoms with Gasteiger partial charge < -0.3 is 10.1 Å². The van der Waals surface area contributed by atoms with Gasteiger partial charge in [0.2, 0.25) is 5.91 Å². The zero-order chi connectivity index (χ0) is 22.3. The number of carbonyl (C=O) groups excluding carboxylic acids is 1. The maximum Gasteiger partial charge on any atom is 0.227 e. The lowest BCUT2D eigenvalue weighted by atomic mass is 10.0. The molecule has 0 saturated heterocycles. The lowest BCUT2D eigenvalue weighted by Crippen LogP contribution is -2.31. The van der Waals surface area contributed by atoms with Crippen LogP contribution in [-0.4, -0.2) is 34.3 Å². The fraction of sp³-hybridized carbons (Fsp3) is 0.192. The number of nitrogens with one attached hydrogen (secondary N) is 1. The number of ether oxygens (including phenoxy) is 1. The fourth-order valence-electron chi connectivity index (χ4n) is 3.57. The van der Waals surface area contributed by atoms with Gasteiger partial charge in [0.1, 0.15) is 5.75 Å². The van der Waals surface area contributed by atoms with Crippen molar-refractivity contribution in [3.63, 3.8) is 0 Å². The normalized spacial score (nSPS) is 11.7. The van der Waals surface area contributed by atoms with Crippen molar-refractivity contribution >= 4 is 5.91 Å². The van der Waals surface area contributed by atoms with Crippen LogP contribution in [0.1, 0.15) is 18.4 Å². The van der Waals surface area contributed by atoms with Crippen molar-refractivity contribution in [1.82, 2.24) is 20.1 Å². The van der Waals surface area contributed by atoms with Gasteiger partial charge in [0.15, 0.2) is 0 Å². The van der Waals surface area contributed by atoms with E-state index in [4.69, 9.17) is 9.84 Å². The molecule has 6 heteroatoms. The van der Waals surface area contributed by atoms with Crippen molar-refractivity contribution < 1.29 is 9.53 Å². The summed E-state index contributed by atoms with van der Waals surface area (Å²) >= 11 is 0. The van der Waals surface area contributed by atoms with Crippen molar-refractivity contribution in [2.45, 2.75) is 19.4 Å². The molecule has 4 rings (SSSR count). The summed E-state index contributed by atoms with van der Waals surface area (Å²) in [5.41, 5.74) is 4.78. The average Bonchev–Trinajstić information content (AvgIpc) is 3.28. The van der Waals surface area contributed by atoms with E-state index in [0.29, 0.717) is 13.1 Å². The van der Waals surface area contributed by atoms with Gasteiger partial charge in [-0.15, -0.1) is 0 Å². The van der Waals surface area contributed by atoms with Crippen LogP contribution in [0.2, 0.25) is 0 Å². The molecule has 0 bridgehead atoms. The minimum absolute atomic E-state index is 0.00154. The Bertz CT molecular complexity index is 1160. The minimum atomic E-state index is -0.207. The van der Waals surface area contributed by atoms with Gasteiger partial charge in [0, 0.05) is 30.1 Å². The van der Waals surface area contributed by atoms with Gasteiger partial charge in [-0.05, 0) is 55.0 Å². The Morgan fingerprint density at radius 3 is 2.50 bits per heavy atom. The number of methoxy groups -OCH3 is 1. The standard InChI is InChI=1S/C26H26N4O2/c1-19(20-7-4-3-5-8-20)26(31)28-15-16-30-25(22-9-6-14-27-18-22)17-24(29-30)21-10-12-23(32-2)13-11-21/h3-14,17-19H,15-16H2,1-2H3,(H,28,31). The van der Waals surface area contributed by atoms with E-state index in [0.717, 1.165) is 33.8 Å². The Hall–Kier alpha value is -3.93. The molecule has 0 aliphatic carbocycles. The van der Waals surface area contributed by atoms with Crippen molar-refractivity contribution in [3.8, 4) is 28.3 Å². The Kier molecular flexibility index (Phi) is 6.60. The number of nitrogens with zero attached hydrogens (tertiary/aromatic N) is 3. The summed E-state index contributed by atoms with van der Waals surface area (Å²) in [5, 5.41) is 7.85. The van der Waals surface area contributed by atoms with Gasteiger partial charge in [0.25, 0.3) is 0 Å². The highest BCUT2D eigenvalue weighted by atomic mass is 16.5. The highest BCUT2D eigenvalue weighted by molar-refractivity contribution is 5.83. The summed E-state index contributed by atoms with van der Waals surface area (Å²) in [6.45, 7) is 2.95. The summed E-state index contributed by atoms with van der Waals surface area (Å²) in [6.07, 6.45) is 3.57. The largest absolute Gasteiger partial charge is 0.497 e. The molecule has 0 radical (unpaired) electrons. The van der Waals surface area contributed by atoms with Crippen LogP contribution in [0.4, 0.5) is 0 Å². The van der Waals surface area contributed by atoms with Crippen LogP contribution in [0.25, 0.3) is 22.5 Å². The molecular weight excluding hydrogens is 400 g/mol. The van der Waals surface area contributed by atoms with Crippen molar-refractivity contribution in [2.24, 2.45) is 0 Å². The third-order valence-electron chi connectivity index (χ3n) is 5.44. The van der Waals surface area contributed by atoms with E-state index < -0.39 is 0 Å². The van der Waals surface area contributed by atoms with Crippen LogP contribution in [-0.2, 0) is 11.3 Å². The third kappa shape index (κ3) is 4.86. The maximum absolute atomic E-state index is 12.6. The number of pyridine rings is 1. The average molecular weight is 427 g/mol. The van der Waals surface area contributed by atoms with Crippen LogP contribution in [0.15, 0.2) is 85.2 Å². The Morgan fingerprint density at radius 2 is 1.81 bits per heavy atom. The van der Waals surface area contributed by atoms with E-state index in [9.17, 15) is 4.79 Å². The molecule has 2 aromatic carbocycles. The molecule has 0 spiro atoms. The van der Waals surface area contributed by atoms with E-state index in [1.54, 1.807) is 13.3 Å². The molecule has 0 aliphatic rings. The molecule has 0 aliphatic heterocycles. The van der Waals surface area contributed by atoms with Gasteiger partial charge >= 0.3 is 0 Å². The second-order valence-electron chi connectivity index (χ2n) is 7.53. The molecule has 1 atom stereocenters. The first-order chi connectivity index (χ1) is 15.7. The summed E-state index contributed by atoms with van der Waals surface area (Å²) in [4.78, 5) is 16.9. The summed E-state index contributed by atoms with van der Waals surface area (Å²) in [6, 6.07) is 23.6. The highest BCUT2D eigenvalue weighted by Crippen LogP contribution is 2.27. The fourth-order valence-corrected chi connectivity index (χ4v) is 3.57. The smallest absolute Gasteiger partial charge is 0.227 e. The van der Waals surface area contributed by atoms with Gasteiger partial charge in [0.05, 0.1) is 31.0 Å². The number of aromatic nitrogens is 3. The van der Waals surface area contributed by atoms with Gasteiger partial charge in [-0.2, -0.15) is 5.10 Å². The molecule has 6 nitrogen and oxygen atoms in total. The molecule has 2 heterocycles. The van der Waals surface area contributed by atoms with Crippen LogP contribution >= 0.6 is 0 Å². The molecule has 2 aromatic heterocycles. The highest BCUT2D eigenvalue weighted by Gasteiger charge is 2.16. The zero-order valence-corrected chi connectivity index (χ0v) is 18.2. The number of amides is 1. The molecule has 1 N–H and O–H groups in total. The zero-order valence-electron chi connectivity index (χ0n) is 18.2. The molecule has 32 heavy (non-hydrogen) atoms. The summed E-state index contributed by atoms with van der Waals surface area (Å²) in [5.74, 6) is 0.596. The first-order valence-corrected chi connectivity index (χ1v) is 10.6. The quantitative estimate of drug-likeness (QED) is 0.449. The molecule has 162 valence electrons. The first-order valence-electron chi connectivity index (χ1n) is 10.6. The number of carbonyl (C=O) groups is 1. The van der Waals surface area contributed by atoms with E-state index in [1.807, 2.05) is 90.6 Å². The number of benzene rings is 2. The molecule has 1 unspecified atom stereocenters. The molecule has 1 amide bonds. The monoisotopic (exact) mass is 426 g/mol. The van der Waals surface area contributed by atoms with Crippen LogP contribution in [0.3, 0.4) is 0 Å².